The Kier molecular flexibility index (Phi) is 9.27. The van der Waals surface area contributed by atoms with Gasteiger partial charge in [0.1, 0.15) is 0 Å². The van der Waals surface area contributed by atoms with Gasteiger partial charge in [0.05, 0.1) is 31.5 Å². The fraction of sp³-hybridized carbons (Fsp3) is 0.364. The van der Waals surface area contributed by atoms with Crippen molar-refractivity contribution in [1.29, 1.82) is 0 Å². The van der Waals surface area contributed by atoms with Crippen LogP contribution in [-0.4, -0.2) is 44.0 Å². The molecule has 0 fully saturated rings. The fourth-order valence-electron chi connectivity index (χ4n) is 2.96. The Morgan fingerprint density at radius 2 is 1.77 bits per heavy atom. The van der Waals surface area contributed by atoms with E-state index in [1.165, 1.54) is 0 Å². The molecule has 0 bridgehead atoms. The lowest BCUT2D eigenvalue weighted by atomic mass is 10.1. The number of methoxy groups -OCH3 is 2. The molecule has 0 radical (unpaired) electrons. The van der Waals surface area contributed by atoms with Crippen LogP contribution in [0.1, 0.15) is 25.3 Å². The summed E-state index contributed by atoms with van der Waals surface area (Å²) in [6.45, 7) is 2.41. The van der Waals surface area contributed by atoms with Crippen molar-refractivity contribution in [3.8, 4) is 11.5 Å². The number of anilines is 1. The third-order valence-corrected chi connectivity index (χ3v) is 5.01. The van der Waals surface area contributed by atoms with Gasteiger partial charge in [0.2, 0.25) is 11.8 Å². The minimum atomic E-state index is -0.313. The monoisotopic (exact) mass is 452 g/mol. The van der Waals surface area contributed by atoms with E-state index >= 15 is 0 Å². The predicted molar refractivity (Wildman–Crippen MR) is 120 cm³/mol. The van der Waals surface area contributed by atoms with E-state index < -0.39 is 0 Å². The van der Waals surface area contributed by atoms with Gasteiger partial charge in [-0.15, -0.1) is 0 Å². The van der Waals surface area contributed by atoms with Gasteiger partial charge in [0, 0.05) is 18.0 Å². The van der Waals surface area contributed by atoms with E-state index in [9.17, 15) is 9.59 Å². The minimum absolute atomic E-state index is 0.0441. The standard InChI is InChI=1S/C22H26Cl2N2O4/c1-4-11-26(14-21(27)25-18-8-7-16(23)13-17(18)24)22(28)10-6-15-5-9-19(29-2)20(12-15)30-3/h5,7-9,12-13H,4,6,10-11,14H2,1-3H3,(H,25,27). The quantitative estimate of drug-likeness (QED) is 0.560. The van der Waals surface area contributed by atoms with Gasteiger partial charge < -0.3 is 19.7 Å². The van der Waals surface area contributed by atoms with Crippen LogP contribution in [0.3, 0.4) is 0 Å². The van der Waals surface area contributed by atoms with Crippen molar-refractivity contribution in [1.82, 2.24) is 4.90 Å². The summed E-state index contributed by atoms with van der Waals surface area (Å²) in [5, 5.41) is 3.56. The molecule has 0 aliphatic carbocycles. The van der Waals surface area contributed by atoms with Gasteiger partial charge in [-0.25, -0.2) is 0 Å². The number of nitrogens with zero attached hydrogens (tertiary/aromatic N) is 1. The largest absolute Gasteiger partial charge is 0.493 e. The first kappa shape index (κ1) is 23.8. The summed E-state index contributed by atoms with van der Waals surface area (Å²) in [6.07, 6.45) is 1.56. The highest BCUT2D eigenvalue weighted by Gasteiger charge is 2.17. The number of ether oxygens (including phenoxy) is 2. The van der Waals surface area contributed by atoms with Crippen LogP contribution >= 0.6 is 23.2 Å². The molecule has 0 heterocycles. The SMILES string of the molecule is CCCN(CC(=O)Nc1ccc(Cl)cc1Cl)C(=O)CCc1ccc(OC)c(OC)c1. The highest BCUT2D eigenvalue weighted by Crippen LogP contribution is 2.28. The minimum Gasteiger partial charge on any atom is -0.493 e. The van der Waals surface area contributed by atoms with Crippen molar-refractivity contribution in [3.05, 3.63) is 52.0 Å². The number of hydrogen-bond donors (Lipinski definition) is 1. The zero-order valence-electron chi connectivity index (χ0n) is 17.3. The molecule has 0 unspecified atom stereocenters. The fourth-order valence-corrected chi connectivity index (χ4v) is 3.42. The molecular weight excluding hydrogens is 427 g/mol. The van der Waals surface area contributed by atoms with Crippen LogP contribution in [0, 0.1) is 0 Å². The Bertz CT molecular complexity index is 889. The molecule has 30 heavy (non-hydrogen) atoms. The lowest BCUT2D eigenvalue weighted by Crippen LogP contribution is -2.38. The molecule has 0 saturated carbocycles. The maximum Gasteiger partial charge on any atom is 0.244 e. The zero-order valence-corrected chi connectivity index (χ0v) is 18.8. The number of carbonyl (C=O) groups is 2. The molecule has 2 rings (SSSR count). The van der Waals surface area contributed by atoms with Gasteiger partial charge in [-0.3, -0.25) is 9.59 Å². The normalized spacial score (nSPS) is 10.4. The Labute approximate surface area is 187 Å². The molecule has 0 spiro atoms. The average molecular weight is 453 g/mol. The van der Waals surface area contributed by atoms with Crippen molar-refractivity contribution < 1.29 is 19.1 Å². The van der Waals surface area contributed by atoms with Gasteiger partial charge >= 0.3 is 0 Å². The smallest absolute Gasteiger partial charge is 0.244 e. The second kappa shape index (κ2) is 11.7. The van der Waals surface area contributed by atoms with E-state index in [4.69, 9.17) is 32.7 Å². The van der Waals surface area contributed by atoms with Crippen molar-refractivity contribution in [2.75, 3.05) is 32.6 Å². The van der Waals surface area contributed by atoms with Gasteiger partial charge in [0.15, 0.2) is 11.5 Å². The molecule has 8 heteroatoms. The molecule has 162 valence electrons. The number of amides is 2. The first-order chi connectivity index (χ1) is 14.4. The predicted octanol–water partition coefficient (Wildman–Crippen LogP) is 4.82. The van der Waals surface area contributed by atoms with Crippen molar-refractivity contribution in [3.63, 3.8) is 0 Å². The Hall–Kier alpha value is -2.44. The van der Waals surface area contributed by atoms with Gasteiger partial charge in [-0.2, -0.15) is 0 Å². The molecule has 6 nitrogen and oxygen atoms in total. The van der Waals surface area contributed by atoms with E-state index in [0.717, 1.165) is 12.0 Å². The molecule has 2 aromatic rings. The Morgan fingerprint density at radius 1 is 1.03 bits per heavy atom. The molecule has 2 aromatic carbocycles. The molecule has 0 aliphatic rings. The number of benzene rings is 2. The topological polar surface area (TPSA) is 67.9 Å². The van der Waals surface area contributed by atoms with Gasteiger partial charge in [0.25, 0.3) is 0 Å². The number of rotatable bonds is 10. The Balaban J connectivity index is 1.97. The third-order valence-electron chi connectivity index (χ3n) is 4.46. The molecule has 2 amide bonds. The van der Waals surface area contributed by atoms with E-state index in [-0.39, 0.29) is 24.8 Å². The summed E-state index contributed by atoms with van der Waals surface area (Å²) < 4.78 is 10.5. The van der Waals surface area contributed by atoms with E-state index in [0.29, 0.717) is 40.2 Å². The number of carbonyl (C=O) groups excluding carboxylic acids is 2. The van der Waals surface area contributed by atoms with Gasteiger partial charge in [-0.1, -0.05) is 36.2 Å². The second-order valence-electron chi connectivity index (χ2n) is 6.68. The number of hydrogen-bond acceptors (Lipinski definition) is 4. The van der Waals surface area contributed by atoms with Crippen LogP contribution in [-0.2, 0) is 16.0 Å². The molecule has 0 saturated heterocycles. The zero-order chi connectivity index (χ0) is 22.1. The Morgan fingerprint density at radius 3 is 2.40 bits per heavy atom. The maximum atomic E-state index is 12.7. The second-order valence-corrected chi connectivity index (χ2v) is 7.52. The molecule has 0 aliphatic heterocycles. The highest BCUT2D eigenvalue weighted by molar-refractivity contribution is 6.36. The number of aryl methyl sites for hydroxylation is 1. The van der Waals surface area contributed by atoms with Crippen molar-refractivity contribution >= 4 is 40.7 Å². The highest BCUT2D eigenvalue weighted by atomic mass is 35.5. The van der Waals surface area contributed by atoms with Crippen LogP contribution < -0.4 is 14.8 Å². The molecule has 0 atom stereocenters. The van der Waals surface area contributed by atoms with Crippen LogP contribution in [0.4, 0.5) is 5.69 Å². The molecule has 1 N–H and O–H groups in total. The van der Waals surface area contributed by atoms with Gasteiger partial charge in [-0.05, 0) is 48.7 Å². The average Bonchev–Trinajstić information content (AvgIpc) is 2.73. The summed E-state index contributed by atoms with van der Waals surface area (Å²) >= 11 is 12.0. The van der Waals surface area contributed by atoms with Crippen LogP contribution in [0.15, 0.2) is 36.4 Å². The maximum absolute atomic E-state index is 12.7. The number of nitrogens with one attached hydrogen (secondary N) is 1. The van der Waals surface area contributed by atoms with Crippen LogP contribution in [0.2, 0.25) is 10.0 Å². The lowest BCUT2D eigenvalue weighted by Gasteiger charge is -2.22. The molecular formula is C22H26Cl2N2O4. The van der Waals surface area contributed by atoms with E-state index in [1.807, 2.05) is 25.1 Å². The van der Waals surface area contributed by atoms with E-state index in [1.54, 1.807) is 37.3 Å². The molecule has 0 aromatic heterocycles. The third kappa shape index (κ3) is 6.82. The first-order valence-electron chi connectivity index (χ1n) is 9.61. The summed E-state index contributed by atoms with van der Waals surface area (Å²) in [4.78, 5) is 26.7. The summed E-state index contributed by atoms with van der Waals surface area (Å²) in [5.41, 5.74) is 1.41. The van der Waals surface area contributed by atoms with Crippen molar-refractivity contribution in [2.24, 2.45) is 0 Å². The lowest BCUT2D eigenvalue weighted by molar-refractivity contribution is -0.134. The number of halogens is 2. The summed E-state index contributed by atoms with van der Waals surface area (Å²) in [7, 11) is 3.15. The first-order valence-corrected chi connectivity index (χ1v) is 10.4. The van der Waals surface area contributed by atoms with Crippen LogP contribution in [0.5, 0.6) is 11.5 Å². The summed E-state index contributed by atoms with van der Waals surface area (Å²) in [6, 6.07) is 10.4. The van der Waals surface area contributed by atoms with Crippen molar-refractivity contribution in [2.45, 2.75) is 26.2 Å². The van der Waals surface area contributed by atoms with Crippen LogP contribution in [0.25, 0.3) is 0 Å². The summed E-state index contributed by atoms with van der Waals surface area (Å²) in [5.74, 6) is 0.848. The van der Waals surface area contributed by atoms with E-state index in [2.05, 4.69) is 5.32 Å².